The van der Waals surface area contributed by atoms with E-state index < -0.39 is 0 Å². The molecule has 4 N–H and O–H groups in total. The Balaban J connectivity index is 3.01. The van der Waals surface area contributed by atoms with Crippen LogP contribution in [0.4, 0.5) is 0 Å². The van der Waals surface area contributed by atoms with Crippen molar-refractivity contribution in [2.45, 2.75) is 39.2 Å². The topological polar surface area (TPSA) is 69.1 Å². The van der Waals surface area contributed by atoms with Crippen LogP contribution in [0.3, 0.4) is 0 Å². The van der Waals surface area contributed by atoms with Crippen LogP contribution in [-0.4, -0.2) is 5.91 Å². The molecule has 0 aromatic heterocycles. The van der Waals surface area contributed by atoms with Gasteiger partial charge in [-0.3, -0.25) is 4.79 Å². The summed E-state index contributed by atoms with van der Waals surface area (Å²) in [6.07, 6.45) is 0.197. The van der Waals surface area contributed by atoms with Crippen molar-refractivity contribution in [2.24, 2.45) is 11.5 Å². The molecule has 0 saturated carbocycles. The minimum absolute atomic E-state index is 0.197. The number of hydrogen-bond acceptors (Lipinski definition) is 2. The van der Waals surface area contributed by atoms with Gasteiger partial charge in [0.15, 0.2) is 0 Å². The highest BCUT2D eigenvalue weighted by atomic mass is 16.1. The Morgan fingerprint density at radius 2 is 2.00 bits per heavy atom. The Labute approximate surface area is 96.8 Å². The van der Waals surface area contributed by atoms with E-state index in [4.69, 9.17) is 11.5 Å². The van der Waals surface area contributed by atoms with Crippen molar-refractivity contribution in [3.05, 3.63) is 34.9 Å². The molecule has 0 aliphatic rings. The molecule has 1 rings (SSSR count). The molecule has 0 aliphatic carbocycles. The fraction of sp³-hybridized carbons (Fsp3) is 0.462. The molecule has 1 unspecified atom stereocenters. The third-order valence-corrected chi connectivity index (χ3v) is 2.79. The molecule has 1 atom stereocenters. The minimum Gasteiger partial charge on any atom is -0.370 e. The monoisotopic (exact) mass is 220 g/mol. The highest BCUT2D eigenvalue weighted by Crippen LogP contribution is 2.23. The summed E-state index contributed by atoms with van der Waals surface area (Å²) in [5.41, 5.74) is 14.5. The number of carbonyl (C=O) groups is 1. The first-order chi connectivity index (χ1) is 7.41. The summed E-state index contributed by atoms with van der Waals surface area (Å²) in [6.45, 7) is 6.27. The van der Waals surface area contributed by atoms with Crippen molar-refractivity contribution in [1.29, 1.82) is 0 Å². The van der Waals surface area contributed by atoms with Crippen LogP contribution in [0.15, 0.2) is 18.2 Å². The van der Waals surface area contributed by atoms with Gasteiger partial charge in [0.2, 0.25) is 5.91 Å². The lowest BCUT2D eigenvalue weighted by Crippen LogP contribution is -2.21. The number of hydrogen-bond donors (Lipinski definition) is 2. The Bertz CT molecular complexity index is 386. The first-order valence-corrected chi connectivity index (χ1v) is 5.56. The van der Waals surface area contributed by atoms with Gasteiger partial charge in [-0.05, 0) is 29.5 Å². The normalized spacial score (nSPS) is 12.8. The fourth-order valence-corrected chi connectivity index (χ4v) is 1.74. The zero-order chi connectivity index (χ0) is 12.3. The molecule has 0 fully saturated rings. The number of amides is 1. The van der Waals surface area contributed by atoms with Crippen LogP contribution < -0.4 is 11.5 Å². The highest BCUT2D eigenvalue weighted by Gasteiger charge is 2.13. The first-order valence-electron chi connectivity index (χ1n) is 5.56. The molecule has 0 heterocycles. The standard InChI is InChI=1S/C13H20N2O/c1-8(2)10-5-4-9(3)11(6-10)12(14)7-13(15)16/h4-6,8,12H,7,14H2,1-3H3,(H2,15,16). The molecule has 0 spiro atoms. The lowest BCUT2D eigenvalue weighted by molar-refractivity contribution is -0.118. The van der Waals surface area contributed by atoms with E-state index in [0.717, 1.165) is 11.1 Å². The summed E-state index contributed by atoms with van der Waals surface area (Å²) in [6, 6.07) is 5.93. The van der Waals surface area contributed by atoms with Crippen LogP contribution >= 0.6 is 0 Å². The Hall–Kier alpha value is -1.35. The van der Waals surface area contributed by atoms with Crippen molar-refractivity contribution >= 4 is 5.91 Å². The molecule has 0 bridgehead atoms. The molecule has 0 saturated heterocycles. The number of aryl methyl sites for hydroxylation is 1. The number of nitrogens with two attached hydrogens (primary N) is 2. The molecule has 0 aliphatic heterocycles. The third-order valence-electron chi connectivity index (χ3n) is 2.79. The molecule has 88 valence electrons. The Morgan fingerprint density at radius 1 is 1.38 bits per heavy atom. The lowest BCUT2D eigenvalue weighted by atomic mass is 9.93. The molecule has 3 heteroatoms. The van der Waals surface area contributed by atoms with Gasteiger partial charge < -0.3 is 11.5 Å². The van der Waals surface area contributed by atoms with Gasteiger partial charge in [-0.1, -0.05) is 32.0 Å². The maximum atomic E-state index is 10.9. The van der Waals surface area contributed by atoms with Crippen LogP contribution in [-0.2, 0) is 4.79 Å². The molecule has 1 amide bonds. The van der Waals surface area contributed by atoms with Crippen molar-refractivity contribution < 1.29 is 4.79 Å². The second-order valence-corrected chi connectivity index (χ2v) is 4.55. The summed E-state index contributed by atoms with van der Waals surface area (Å²) in [5, 5.41) is 0. The number of rotatable bonds is 4. The molecule has 0 radical (unpaired) electrons. The quantitative estimate of drug-likeness (QED) is 0.814. The average Bonchev–Trinajstić information content (AvgIpc) is 2.16. The van der Waals surface area contributed by atoms with Crippen LogP contribution in [0.25, 0.3) is 0 Å². The van der Waals surface area contributed by atoms with Gasteiger partial charge in [-0.2, -0.15) is 0 Å². The van der Waals surface area contributed by atoms with E-state index in [1.54, 1.807) is 0 Å². The molecule has 1 aromatic carbocycles. The van der Waals surface area contributed by atoms with Crippen LogP contribution in [0.2, 0.25) is 0 Å². The maximum Gasteiger partial charge on any atom is 0.219 e. The van der Waals surface area contributed by atoms with Gasteiger partial charge >= 0.3 is 0 Å². The van der Waals surface area contributed by atoms with Crippen molar-refractivity contribution in [1.82, 2.24) is 0 Å². The van der Waals surface area contributed by atoms with E-state index in [-0.39, 0.29) is 18.4 Å². The zero-order valence-electron chi connectivity index (χ0n) is 10.2. The third kappa shape index (κ3) is 3.07. The van der Waals surface area contributed by atoms with E-state index in [0.29, 0.717) is 5.92 Å². The fourth-order valence-electron chi connectivity index (χ4n) is 1.74. The second-order valence-electron chi connectivity index (χ2n) is 4.55. The number of primary amides is 1. The predicted octanol–water partition coefficient (Wildman–Crippen LogP) is 1.99. The van der Waals surface area contributed by atoms with E-state index in [2.05, 4.69) is 26.0 Å². The molecule has 16 heavy (non-hydrogen) atoms. The highest BCUT2D eigenvalue weighted by molar-refractivity contribution is 5.74. The largest absolute Gasteiger partial charge is 0.370 e. The molecule has 3 nitrogen and oxygen atoms in total. The SMILES string of the molecule is Cc1ccc(C(C)C)cc1C(N)CC(N)=O. The summed E-state index contributed by atoms with van der Waals surface area (Å²) in [5.74, 6) is 0.0991. The summed E-state index contributed by atoms with van der Waals surface area (Å²) >= 11 is 0. The average molecular weight is 220 g/mol. The van der Waals surface area contributed by atoms with E-state index in [1.165, 1.54) is 5.56 Å². The van der Waals surface area contributed by atoms with Gasteiger partial charge in [-0.25, -0.2) is 0 Å². The number of carbonyl (C=O) groups excluding carboxylic acids is 1. The van der Waals surface area contributed by atoms with Crippen molar-refractivity contribution in [3.8, 4) is 0 Å². The van der Waals surface area contributed by atoms with E-state index >= 15 is 0 Å². The van der Waals surface area contributed by atoms with Gasteiger partial charge in [0.1, 0.15) is 0 Å². The smallest absolute Gasteiger partial charge is 0.219 e. The van der Waals surface area contributed by atoms with Crippen molar-refractivity contribution in [2.75, 3.05) is 0 Å². The summed E-state index contributed by atoms with van der Waals surface area (Å²) in [7, 11) is 0. The molecule has 1 aromatic rings. The summed E-state index contributed by atoms with van der Waals surface area (Å²) < 4.78 is 0. The zero-order valence-corrected chi connectivity index (χ0v) is 10.2. The Morgan fingerprint density at radius 3 is 2.50 bits per heavy atom. The lowest BCUT2D eigenvalue weighted by Gasteiger charge is -2.16. The Kier molecular flexibility index (Phi) is 4.07. The van der Waals surface area contributed by atoms with Crippen LogP contribution in [0.1, 0.15) is 48.9 Å². The van der Waals surface area contributed by atoms with E-state index in [1.807, 2.05) is 13.0 Å². The molecular weight excluding hydrogens is 200 g/mol. The van der Waals surface area contributed by atoms with E-state index in [9.17, 15) is 4.79 Å². The first kappa shape index (κ1) is 12.7. The van der Waals surface area contributed by atoms with Crippen LogP contribution in [0.5, 0.6) is 0 Å². The number of benzene rings is 1. The van der Waals surface area contributed by atoms with Gasteiger partial charge in [0.05, 0.1) is 0 Å². The summed E-state index contributed by atoms with van der Waals surface area (Å²) in [4.78, 5) is 10.9. The predicted molar refractivity (Wildman–Crippen MR) is 66.0 cm³/mol. The van der Waals surface area contributed by atoms with Gasteiger partial charge in [0.25, 0.3) is 0 Å². The van der Waals surface area contributed by atoms with Gasteiger partial charge in [-0.15, -0.1) is 0 Å². The van der Waals surface area contributed by atoms with Crippen molar-refractivity contribution in [3.63, 3.8) is 0 Å². The van der Waals surface area contributed by atoms with Crippen LogP contribution in [0, 0.1) is 6.92 Å². The molecular formula is C13H20N2O. The second kappa shape index (κ2) is 5.12. The maximum absolute atomic E-state index is 10.9. The van der Waals surface area contributed by atoms with Gasteiger partial charge in [0, 0.05) is 12.5 Å². The minimum atomic E-state index is -0.359.